The van der Waals surface area contributed by atoms with Crippen LogP contribution in [-0.4, -0.2) is 62.0 Å². The second kappa shape index (κ2) is 6.35. The van der Waals surface area contributed by atoms with Crippen LogP contribution in [-0.2, 0) is 0 Å². The Kier molecular flexibility index (Phi) is 4.73. The molecule has 1 saturated heterocycles. The van der Waals surface area contributed by atoms with Crippen LogP contribution in [0.25, 0.3) is 0 Å². The van der Waals surface area contributed by atoms with Crippen LogP contribution in [0.1, 0.15) is 24.2 Å². The highest BCUT2D eigenvalue weighted by atomic mass is 16.2. The number of carbonyl (C=O) groups is 1. The minimum absolute atomic E-state index is 0.0237. The Labute approximate surface area is 127 Å². The lowest BCUT2D eigenvalue weighted by molar-refractivity contribution is 0.0828. The zero-order valence-electron chi connectivity index (χ0n) is 13.5. The lowest BCUT2D eigenvalue weighted by atomic mass is 10.1. The molecular formula is C16H26N4O. The number of anilines is 2. The van der Waals surface area contributed by atoms with Gasteiger partial charge in [0.15, 0.2) is 0 Å². The molecule has 116 valence electrons. The van der Waals surface area contributed by atoms with Gasteiger partial charge in [0, 0.05) is 45.5 Å². The largest absolute Gasteiger partial charge is 0.399 e. The van der Waals surface area contributed by atoms with E-state index in [9.17, 15) is 4.79 Å². The molecule has 0 aromatic heterocycles. The number of nitrogens with two attached hydrogens (primary N) is 1. The van der Waals surface area contributed by atoms with Crippen molar-refractivity contribution in [3.05, 3.63) is 23.8 Å². The fourth-order valence-electron chi connectivity index (χ4n) is 2.92. The molecule has 1 atom stereocenters. The van der Waals surface area contributed by atoms with Crippen LogP contribution in [0, 0.1) is 0 Å². The van der Waals surface area contributed by atoms with Crippen molar-refractivity contribution < 1.29 is 4.79 Å². The normalized spacial score (nSPS) is 19.6. The molecular weight excluding hydrogens is 264 g/mol. The Hall–Kier alpha value is -1.75. The molecule has 5 heteroatoms. The predicted molar refractivity (Wildman–Crippen MR) is 87.8 cm³/mol. The molecule has 2 rings (SSSR count). The summed E-state index contributed by atoms with van der Waals surface area (Å²) in [6, 6.07) is 6.04. The SMILES string of the molecule is CCN1CCN(c2cc(N)ccc2C(=O)N(C)C)CC1C. The molecule has 1 fully saturated rings. The fraction of sp³-hybridized carbons (Fsp3) is 0.562. The standard InChI is InChI=1S/C16H26N4O/c1-5-19-8-9-20(11-12(19)2)15-10-13(17)6-7-14(15)16(21)18(3)4/h6-7,10,12H,5,8-9,11,17H2,1-4H3. The molecule has 0 aliphatic carbocycles. The summed E-state index contributed by atoms with van der Waals surface area (Å²) in [5.41, 5.74) is 8.32. The Morgan fingerprint density at radius 2 is 2.10 bits per heavy atom. The molecule has 1 aromatic rings. The maximum absolute atomic E-state index is 12.4. The van der Waals surface area contributed by atoms with Gasteiger partial charge >= 0.3 is 0 Å². The third-order valence-electron chi connectivity index (χ3n) is 4.17. The van der Waals surface area contributed by atoms with Gasteiger partial charge in [-0.15, -0.1) is 0 Å². The van der Waals surface area contributed by atoms with Gasteiger partial charge in [-0.25, -0.2) is 0 Å². The third kappa shape index (κ3) is 3.29. The second-order valence-corrected chi connectivity index (χ2v) is 5.90. The van der Waals surface area contributed by atoms with Crippen molar-refractivity contribution in [1.82, 2.24) is 9.80 Å². The first-order chi connectivity index (χ1) is 9.93. The Morgan fingerprint density at radius 3 is 2.67 bits per heavy atom. The van der Waals surface area contributed by atoms with E-state index >= 15 is 0 Å². The van der Waals surface area contributed by atoms with E-state index in [2.05, 4.69) is 23.6 Å². The summed E-state index contributed by atoms with van der Waals surface area (Å²) in [7, 11) is 3.56. The van der Waals surface area contributed by atoms with E-state index in [1.807, 2.05) is 12.1 Å². The zero-order valence-corrected chi connectivity index (χ0v) is 13.5. The first-order valence-electron chi connectivity index (χ1n) is 7.54. The number of benzene rings is 1. The molecule has 2 N–H and O–H groups in total. The minimum Gasteiger partial charge on any atom is -0.399 e. The summed E-state index contributed by atoms with van der Waals surface area (Å²) < 4.78 is 0. The van der Waals surface area contributed by atoms with Gasteiger partial charge < -0.3 is 15.5 Å². The van der Waals surface area contributed by atoms with Crippen LogP contribution < -0.4 is 10.6 Å². The van der Waals surface area contributed by atoms with Crippen molar-refractivity contribution >= 4 is 17.3 Å². The Morgan fingerprint density at radius 1 is 1.38 bits per heavy atom. The van der Waals surface area contributed by atoms with Crippen molar-refractivity contribution in [2.45, 2.75) is 19.9 Å². The van der Waals surface area contributed by atoms with E-state index in [1.165, 1.54) is 0 Å². The maximum Gasteiger partial charge on any atom is 0.255 e. The van der Waals surface area contributed by atoms with Gasteiger partial charge in [0.1, 0.15) is 0 Å². The number of nitrogens with zero attached hydrogens (tertiary/aromatic N) is 3. The predicted octanol–water partition coefficient (Wildman–Crippen LogP) is 1.50. The molecule has 1 unspecified atom stereocenters. The third-order valence-corrected chi connectivity index (χ3v) is 4.17. The maximum atomic E-state index is 12.4. The molecule has 1 aliphatic heterocycles. The van der Waals surface area contributed by atoms with Gasteiger partial charge in [0.25, 0.3) is 5.91 Å². The van der Waals surface area contributed by atoms with E-state index in [1.54, 1.807) is 25.1 Å². The molecule has 5 nitrogen and oxygen atoms in total. The van der Waals surface area contributed by atoms with Gasteiger partial charge in [-0.05, 0) is 31.7 Å². The smallest absolute Gasteiger partial charge is 0.255 e. The van der Waals surface area contributed by atoms with Gasteiger partial charge in [0.2, 0.25) is 0 Å². The lowest BCUT2D eigenvalue weighted by Crippen LogP contribution is -2.52. The minimum atomic E-state index is 0.0237. The second-order valence-electron chi connectivity index (χ2n) is 5.90. The van der Waals surface area contributed by atoms with Crippen LogP contribution >= 0.6 is 0 Å². The van der Waals surface area contributed by atoms with Crippen molar-refractivity contribution in [3.63, 3.8) is 0 Å². The number of likely N-dealkylation sites (N-methyl/N-ethyl adjacent to an activating group) is 1. The monoisotopic (exact) mass is 290 g/mol. The summed E-state index contributed by atoms with van der Waals surface area (Å²) in [6.07, 6.45) is 0. The topological polar surface area (TPSA) is 52.8 Å². The molecule has 0 radical (unpaired) electrons. The highest BCUT2D eigenvalue weighted by Crippen LogP contribution is 2.27. The van der Waals surface area contributed by atoms with E-state index in [4.69, 9.17) is 5.73 Å². The van der Waals surface area contributed by atoms with Gasteiger partial charge in [-0.2, -0.15) is 0 Å². The van der Waals surface area contributed by atoms with E-state index in [0.29, 0.717) is 11.7 Å². The highest BCUT2D eigenvalue weighted by Gasteiger charge is 2.25. The van der Waals surface area contributed by atoms with Gasteiger partial charge in [-0.3, -0.25) is 9.69 Å². The number of hydrogen-bond donors (Lipinski definition) is 1. The van der Waals surface area contributed by atoms with Crippen LogP contribution in [0.4, 0.5) is 11.4 Å². The van der Waals surface area contributed by atoms with E-state index in [0.717, 1.165) is 37.4 Å². The number of nitrogen functional groups attached to an aromatic ring is 1. The van der Waals surface area contributed by atoms with Crippen LogP contribution in [0.3, 0.4) is 0 Å². The van der Waals surface area contributed by atoms with Gasteiger partial charge in [0.05, 0.1) is 11.3 Å². The van der Waals surface area contributed by atoms with Gasteiger partial charge in [-0.1, -0.05) is 6.92 Å². The van der Waals surface area contributed by atoms with E-state index in [-0.39, 0.29) is 5.91 Å². The van der Waals surface area contributed by atoms with Crippen LogP contribution in [0.2, 0.25) is 0 Å². The molecule has 0 bridgehead atoms. The Bertz CT molecular complexity index is 515. The molecule has 21 heavy (non-hydrogen) atoms. The van der Waals surface area contributed by atoms with Crippen molar-refractivity contribution in [2.75, 3.05) is 50.9 Å². The first kappa shape index (κ1) is 15.6. The molecule has 1 amide bonds. The van der Waals surface area contributed by atoms with Crippen molar-refractivity contribution in [2.24, 2.45) is 0 Å². The van der Waals surface area contributed by atoms with Crippen molar-refractivity contribution in [3.8, 4) is 0 Å². The Balaban J connectivity index is 2.30. The highest BCUT2D eigenvalue weighted by molar-refractivity contribution is 6.00. The van der Waals surface area contributed by atoms with Crippen LogP contribution in [0.15, 0.2) is 18.2 Å². The average Bonchev–Trinajstić information content (AvgIpc) is 2.46. The molecule has 1 heterocycles. The molecule has 0 saturated carbocycles. The number of amides is 1. The molecule has 0 spiro atoms. The quantitative estimate of drug-likeness (QED) is 0.857. The average molecular weight is 290 g/mol. The first-order valence-corrected chi connectivity index (χ1v) is 7.54. The summed E-state index contributed by atoms with van der Waals surface area (Å²) in [5, 5.41) is 0. The van der Waals surface area contributed by atoms with E-state index < -0.39 is 0 Å². The summed E-state index contributed by atoms with van der Waals surface area (Å²) >= 11 is 0. The number of piperazine rings is 1. The zero-order chi connectivity index (χ0) is 15.6. The number of rotatable bonds is 3. The molecule has 1 aromatic carbocycles. The number of carbonyl (C=O) groups excluding carboxylic acids is 1. The summed E-state index contributed by atoms with van der Waals surface area (Å²) in [5.74, 6) is 0.0237. The fourth-order valence-corrected chi connectivity index (χ4v) is 2.92. The molecule has 1 aliphatic rings. The summed E-state index contributed by atoms with van der Waals surface area (Å²) in [6.45, 7) is 8.35. The summed E-state index contributed by atoms with van der Waals surface area (Å²) in [4.78, 5) is 18.7. The van der Waals surface area contributed by atoms with Crippen molar-refractivity contribution in [1.29, 1.82) is 0 Å². The lowest BCUT2D eigenvalue weighted by Gasteiger charge is -2.41. The van der Waals surface area contributed by atoms with Crippen LogP contribution in [0.5, 0.6) is 0 Å². The number of hydrogen-bond acceptors (Lipinski definition) is 4.